The molecule has 2 N–H and O–H groups in total. The third-order valence-electron chi connectivity index (χ3n) is 5.94. The quantitative estimate of drug-likeness (QED) is 0.643. The molecule has 2 fully saturated rings. The second-order valence-electron chi connectivity index (χ2n) is 7.92. The van der Waals surface area contributed by atoms with Crippen LogP contribution in [0.4, 0.5) is 5.69 Å². The average Bonchev–Trinajstić information content (AvgIpc) is 2.85. The molecule has 2 saturated heterocycles. The fourth-order valence-corrected chi connectivity index (χ4v) is 5.66. The van der Waals surface area contributed by atoms with Crippen LogP contribution in [0.15, 0.2) is 65.6 Å². The molecule has 0 radical (unpaired) electrons. The first-order chi connectivity index (χ1) is 15.8. The number of aliphatic carboxylic acids is 2. The lowest BCUT2D eigenvalue weighted by atomic mass is 10.0. The average molecular weight is 476 g/mol. The maximum absolute atomic E-state index is 12.8. The molecule has 0 amide bonds. The summed E-state index contributed by atoms with van der Waals surface area (Å²) in [6.45, 7) is 5.39. The highest BCUT2D eigenvalue weighted by atomic mass is 32.2. The highest BCUT2D eigenvalue weighted by Crippen LogP contribution is 2.25. The van der Waals surface area contributed by atoms with Gasteiger partial charge >= 0.3 is 11.9 Å². The van der Waals surface area contributed by atoms with E-state index in [0.29, 0.717) is 24.0 Å². The number of para-hydroxylation sites is 1. The molecule has 33 heavy (non-hydrogen) atoms. The van der Waals surface area contributed by atoms with Gasteiger partial charge in [-0.15, -0.1) is 0 Å². The van der Waals surface area contributed by atoms with E-state index in [1.807, 2.05) is 6.07 Å². The SMILES string of the molecule is O=C(O)C(=O)O.O=S(=O)(c1ccccc1)N1CCC(N2CCN(c3ccccc3)CC2)CC1. The number of carboxylic acids is 2. The summed E-state index contributed by atoms with van der Waals surface area (Å²) >= 11 is 0. The first-order valence-electron chi connectivity index (χ1n) is 10.8. The molecule has 0 aliphatic carbocycles. The topological polar surface area (TPSA) is 118 Å². The molecule has 2 heterocycles. The van der Waals surface area contributed by atoms with Crippen LogP contribution < -0.4 is 4.90 Å². The summed E-state index contributed by atoms with van der Waals surface area (Å²) < 4.78 is 27.2. The molecule has 2 aliphatic rings. The summed E-state index contributed by atoms with van der Waals surface area (Å²) in [7, 11) is -3.35. The number of hydrogen-bond acceptors (Lipinski definition) is 6. The molecular formula is C23H29N3O6S. The summed E-state index contributed by atoms with van der Waals surface area (Å²) in [5.74, 6) is -3.65. The minimum Gasteiger partial charge on any atom is -0.473 e. The predicted molar refractivity (Wildman–Crippen MR) is 124 cm³/mol. The largest absolute Gasteiger partial charge is 0.473 e. The minimum absolute atomic E-state index is 0.403. The van der Waals surface area contributed by atoms with Gasteiger partial charge in [0.2, 0.25) is 10.0 Å². The Hall–Kier alpha value is -2.95. The molecule has 0 aromatic heterocycles. The van der Waals surface area contributed by atoms with Crippen molar-refractivity contribution in [2.45, 2.75) is 23.8 Å². The molecule has 0 saturated carbocycles. The highest BCUT2D eigenvalue weighted by Gasteiger charge is 2.32. The number of anilines is 1. The van der Waals surface area contributed by atoms with E-state index < -0.39 is 22.0 Å². The predicted octanol–water partition coefficient (Wildman–Crippen LogP) is 1.82. The fraction of sp³-hybridized carbons (Fsp3) is 0.391. The molecule has 2 aromatic rings. The van der Waals surface area contributed by atoms with Gasteiger partial charge in [-0.3, -0.25) is 4.90 Å². The van der Waals surface area contributed by atoms with Gasteiger partial charge in [0.1, 0.15) is 0 Å². The third-order valence-corrected chi connectivity index (χ3v) is 7.85. The summed E-state index contributed by atoms with van der Waals surface area (Å²) in [5, 5.41) is 14.8. The van der Waals surface area contributed by atoms with Crippen molar-refractivity contribution in [1.29, 1.82) is 0 Å². The monoisotopic (exact) mass is 475 g/mol. The number of rotatable bonds is 4. The van der Waals surface area contributed by atoms with Crippen LogP contribution in [0.3, 0.4) is 0 Å². The van der Waals surface area contributed by atoms with Gasteiger partial charge in [0, 0.05) is 51.0 Å². The van der Waals surface area contributed by atoms with Gasteiger partial charge in [-0.05, 0) is 37.1 Å². The summed E-state index contributed by atoms with van der Waals surface area (Å²) in [6.07, 6.45) is 1.83. The van der Waals surface area contributed by atoms with Crippen LogP contribution in [-0.4, -0.2) is 85.1 Å². The lowest BCUT2D eigenvalue weighted by Crippen LogP contribution is -2.53. The number of benzene rings is 2. The van der Waals surface area contributed by atoms with Crippen molar-refractivity contribution in [3.05, 3.63) is 60.7 Å². The standard InChI is InChI=1S/C21H27N3O2S.C2H2O4/c25-27(26,21-9-5-2-6-10-21)24-13-11-20(12-14-24)23-17-15-22(16-18-23)19-7-3-1-4-8-19;3-1(4)2(5)6/h1-10,20H,11-18H2;(H,3,4)(H,5,6). The summed E-state index contributed by atoms with van der Waals surface area (Å²) in [4.78, 5) is 23.6. The molecule has 0 spiro atoms. The van der Waals surface area contributed by atoms with Gasteiger partial charge in [0.05, 0.1) is 4.90 Å². The Labute approximate surface area is 193 Å². The van der Waals surface area contributed by atoms with E-state index in [1.54, 1.807) is 28.6 Å². The molecule has 0 atom stereocenters. The molecule has 10 heteroatoms. The Morgan fingerprint density at radius 2 is 1.21 bits per heavy atom. The Morgan fingerprint density at radius 3 is 1.70 bits per heavy atom. The van der Waals surface area contributed by atoms with Crippen molar-refractivity contribution in [3.8, 4) is 0 Å². The van der Waals surface area contributed by atoms with Gasteiger partial charge in [-0.25, -0.2) is 18.0 Å². The van der Waals surface area contributed by atoms with Crippen LogP contribution in [0.25, 0.3) is 0 Å². The van der Waals surface area contributed by atoms with Crippen molar-refractivity contribution in [2.75, 3.05) is 44.2 Å². The van der Waals surface area contributed by atoms with E-state index in [2.05, 4.69) is 40.1 Å². The van der Waals surface area contributed by atoms with E-state index in [0.717, 1.165) is 39.0 Å². The number of nitrogens with zero attached hydrogens (tertiary/aromatic N) is 3. The first-order valence-corrected chi connectivity index (χ1v) is 12.3. The zero-order chi connectivity index (χ0) is 23.8. The van der Waals surface area contributed by atoms with Crippen molar-refractivity contribution in [1.82, 2.24) is 9.21 Å². The summed E-state index contributed by atoms with van der Waals surface area (Å²) in [6, 6.07) is 19.8. The lowest BCUT2D eigenvalue weighted by Gasteiger charge is -2.43. The van der Waals surface area contributed by atoms with Crippen LogP contribution >= 0.6 is 0 Å². The molecule has 2 aromatic carbocycles. The molecule has 4 rings (SSSR count). The minimum atomic E-state index is -3.35. The lowest BCUT2D eigenvalue weighted by molar-refractivity contribution is -0.159. The van der Waals surface area contributed by atoms with Crippen LogP contribution in [0, 0.1) is 0 Å². The fourth-order valence-electron chi connectivity index (χ4n) is 4.17. The first kappa shape index (κ1) is 24.7. The van der Waals surface area contributed by atoms with Gasteiger partial charge in [0.15, 0.2) is 0 Å². The van der Waals surface area contributed by atoms with Crippen LogP contribution in [-0.2, 0) is 19.6 Å². The maximum Gasteiger partial charge on any atom is 0.414 e. The normalized spacial score (nSPS) is 18.2. The number of carboxylic acid groups (broad SMARTS) is 2. The van der Waals surface area contributed by atoms with Gasteiger partial charge in [-0.2, -0.15) is 4.31 Å². The van der Waals surface area contributed by atoms with Gasteiger partial charge < -0.3 is 15.1 Å². The van der Waals surface area contributed by atoms with Crippen molar-refractivity contribution < 1.29 is 28.2 Å². The molecule has 2 aliphatic heterocycles. The van der Waals surface area contributed by atoms with Gasteiger partial charge in [-0.1, -0.05) is 36.4 Å². The number of piperidine rings is 1. The molecule has 0 unspecified atom stereocenters. The smallest absolute Gasteiger partial charge is 0.414 e. The Morgan fingerprint density at radius 1 is 0.727 bits per heavy atom. The second-order valence-corrected chi connectivity index (χ2v) is 9.86. The Balaban J connectivity index is 0.000000454. The highest BCUT2D eigenvalue weighted by molar-refractivity contribution is 7.89. The van der Waals surface area contributed by atoms with Crippen LogP contribution in [0.5, 0.6) is 0 Å². The van der Waals surface area contributed by atoms with Crippen molar-refractivity contribution in [3.63, 3.8) is 0 Å². The number of carbonyl (C=O) groups is 2. The van der Waals surface area contributed by atoms with E-state index in [4.69, 9.17) is 19.8 Å². The van der Waals surface area contributed by atoms with E-state index in [-0.39, 0.29) is 0 Å². The van der Waals surface area contributed by atoms with Gasteiger partial charge in [0.25, 0.3) is 0 Å². The second kappa shape index (κ2) is 11.3. The Bertz CT molecular complexity index is 1000. The van der Waals surface area contributed by atoms with E-state index in [1.165, 1.54) is 5.69 Å². The zero-order valence-electron chi connectivity index (χ0n) is 18.3. The number of hydrogen-bond donors (Lipinski definition) is 2. The van der Waals surface area contributed by atoms with Crippen LogP contribution in [0.2, 0.25) is 0 Å². The van der Waals surface area contributed by atoms with Crippen molar-refractivity contribution in [2.24, 2.45) is 0 Å². The van der Waals surface area contributed by atoms with E-state index >= 15 is 0 Å². The number of sulfonamides is 1. The number of piperazine rings is 1. The third kappa shape index (κ3) is 6.53. The van der Waals surface area contributed by atoms with E-state index in [9.17, 15) is 8.42 Å². The molecular weight excluding hydrogens is 446 g/mol. The van der Waals surface area contributed by atoms with Crippen LogP contribution in [0.1, 0.15) is 12.8 Å². The molecule has 0 bridgehead atoms. The zero-order valence-corrected chi connectivity index (χ0v) is 19.1. The maximum atomic E-state index is 12.8. The molecule has 9 nitrogen and oxygen atoms in total. The van der Waals surface area contributed by atoms with Crippen molar-refractivity contribution >= 4 is 27.6 Å². The Kier molecular flexibility index (Phi) is 8.43. The summed E-state index contributed by atoms with van der Waals surface area (Å²) in [5.41, 5.74) is 1.29. The molecule has 178 valence electrons.